The van der Waals surface area contributed by atoms with Crippen molar-refractivity contribution in [2.24, 2.45) is 5.92 Å². The van der Waals surface area contributed by atoms with Crippen molar-refractivity contribution in [1.29, 1.82) is 0 Å². The fourth-order valence-corrected chi connectivity index (χ4v) is 3.26. The zero-order valence-corrected chi connectivity index (χ0v) is 13.7. The van der Waals surface area contributed by atoms with Crippen LogP contribution in [0.15, 0.2) is 29.6 Å². The summed E-state index contributed by atoms with van der Waals surface area (Å²) in [6.07, 6.45) is 2.31. The molecule has 0 radical (unpaired) electrons. The van der Waals surface area contributed by atoms with Crippen molar-refractivity contribution < 1.29 is 9.53 Å². The van der Waals surface area contributed by atoms with Crippen LogP contribution in [-0.2, 0) is 4.79 Å². The highest BCUT2D eigenvalue weighted by atomic mass is 32.1. The molecule has 0 spiro atoms. The SMILES string of the molecule is Cc1ccc(OCC(=O)N[C@H](c2nc(C)cs2)C2CC2)cc1. The normalized spacial score (nSPS) is 15.4. The molecule has 1 amide bonds. The zero-order chi connectivity index (χ0) is 15.5. The van der Waals surface area contributed by atoms with Crippen LogP contribution in [0.4, 0.5) is 0 Å². The van der Waals surface area contributed by atoms with E-state index in [4.69, 9.17) is 4.74 Å². The molecule has 1 fully saturated rings. The number of carbonyl (C=O) groups is 1. The molecule has 0 saturated heterocycles. The van der Waals surface area contributed by atoms with Crippen LogP contribution < -0.4 is 10.1 Å². The first-order valence-corrected chi connectivity index (χ1v) is 8.40. The van der Waals surface area contributed by atoms with E-state index < -0.39 is 0 Å². The smallest absolute Gasteiger partial charge is 0.258 e. The maximum Gasteiger partial charge on any atom is 0.258 e. The van der Waals surface area contributed by atoms with Gasteiger partial charge in [-0.3, -0.25) is 4.79 Å². The second kappa shape index (κ2) is 6.48. The second-order valence-electron chi connectivity index (χ2n) is 5.81. The number of carbonyl (C=O) groups excluding carboxylic acids is 1. The van der Waals surface area contributed by atoms with Crippen LogP contribution in [-0.4, -0.2) is 17.5 Å². The van der Waals surface area contributed by atoms with E-state index in [9.17, 15) is 4.79 Å². The largest absolute Gasteiger partial charge is 0.484 e. The van der Waals surface area contributed by atoms with Crippen LogP contribution in [0.5, 0.6) is 5.75 Å². The highest BCUT2D eigenvalue weighted by Gasteiger charge is 2.35. The minimum absolute atomic E-state index is 0.0350. The number of benzene rings is 1. The van der Waals surface area contributed by atoms with E-state index in [0.717, 1.165) is 23.5 Å². The lowest BCUT2D eigenvalue weighted by atomic mass is 10.2. The Kier molecular flexibility index (Phi) is 4.43. The van der Waals surface area contributed by atoms with Gasteiger partial charge in [0.25, 0.3) is 5.91 Å². The Bertz CT molecular complexity index is 647. The average Bonchev–Trinajstić information content (AvgIpc) is 3.26. The summed E-state index contributed by atoms with van der Waals surface area (Å²) in [5.74, 6) is 1.15. The van der Waals surface area contributed by atoms with Gasteiger partial charge in [0, 0.05) is 11.1 Å². The minimum Gasteiger partial charge on any atom is -0.484 e. The molecule has 1 aromatic carbocycles. The molecule has 2 aromatic rings. The van der Waals surface area contributed by atoms with Crippen molar-refractivity contribution in [2.45, 2.75) is 32.7 Å². The number of thiazole rings is 1. The van der Waals surface area contributed by atoms with E-state index in [1.165, 1.54) is 5.56 Å². The highest BCUT2D eigenvalue weighted by Crippen LogP contribution is 2.41. The molecule has 116 valence electrons. The molecule has 5 heteroatoms. The summed E-state index contributed by atoms with van der Waals surface area (Å²) in [6.45, 7) is 4.04. The molecule has 22 heavy (non-hydrogen) atoms. The Morgan fingerprint density at radius 1 is 1.36 bits per heavy atom. The average molecular weight is 316 g/mol. The quantitative estimate of drug-likeness (QED) is 0.888. The van der Waals surface area contributed by atoms with Crippen molar-refractivity contribution in [2.75, 3.05) is 6.61 Å². The van der Waals surface area contributed by atoms with E-state index >= 15 is 0 Å². The lowest BCUT2D eigenvalue weighted by Crippen LogP contribution is -2.33. The van der Waals surface area contributed by atoms with Crippen molar-refractivity contribution in [3.8, 4) is 5.75 Å². The predicted octanol–water partition coefficient (Wildman–Crippen LogP) is 3.41. The Hall–Kier alpha value is -1.88. The Labute approximate surface area is 134 Å². The number of hydrogen-bond acceptors (Lipinski definition) is 4. The van der Waals surface area contributed by atoms with Crippen molar-refractivity contribution >= 4 is 17.2 Å². The summed E-state index contributed by atoms with van der Waals surface area (Å²) in [5, 5.41) is 6.11. The predicted molar refractivity (Wildman–Crippen MR) is 87.1 cm³/mol. The monoisotopic (exact) mass is 316 g/mol. The molecule has 1 aliphatic carbocycles. The molecule has 1 aromatic heterocycles. The van der Waals surface area contributed by atoms with Crippen LogP contribution in [0, 0.1) is 19.8 Å². The van der Waals surface area contributed by atoms with Gasteiger partial charge in [0.15, 0.2) is 6.61 Å². The fraction of sp³-hybridized carbons (Fsp3) is 0.412. The topological polar surface area (TPSA) is 51.2 Å². The molecule has 1 atom stereocenters. The number of aromatic nitrogens is 1. The van der Waals surface area contributed by atoms with Gasteiger partial charge in [0.05, 0.1) is 6.04 Å². The van der Waals surface area contributed by atoms with Crippen molar-refractivity contribution in [3.63, 3.8) is 0 Å². The van der Waals surface area contributed by atoms with E-state index in [0.29, 0.717) is 11.7 Å². The Morgan fingerprint density at radius 3 is 2.68 bits per heavy atom. The lowest BCUT2D eigenvalue weighted by molar-refractivity contribution is -0.124. The number of aryl methyl sites for hydroxylation is 2. The molecule has 1 aliphatic rings. The zero-order valence-electron chi connectivity index (χ0n) is 12.8. The van der Waals surface area contributed by atoms with Gasteiger partial charge in [-0.2, -0.15) is 0 Å². The summed E-state index contributed by atoms with van der Waals surface area (Å²) in [5.41, 5.74) is 2.18. The first-order valence-electron chi connectivity index (χ1n) is 7.52. The molecule has 1 N–H and O–H groups in total. The summed E-state index contributed by atoms with van der Waals surface area (Å²) >= 11 is 1.62. The number of nitrogens with zero attached hydrogens (tertiary/aromatic N) is 1. The third-order valence-electron chi connectivity index (χ3n) is 3.70. The molecule has 4 nitrogen and oxygen atoms in total. The molecular formula is C17H20N2O2S. The first-order chi connectivity index (χ1) is 10.6. The lowest BCUT2D eigenvalue weighted by Gasteiger charge is -2.16. The van der Waals surface area contributed by atoms with E-state index in [2.05, 4.69) is 10.3 Å². The standard InChI is InChI=1S/C17H20N2O2S/c1-11-3-7-14(8-4-11)21-9-15(20)19-16(13-5-6-13)17-18-12(2)10-22-17/h3-4,7-8,10,13,16H,5-6,9H2,1-2H3,(H,19,20)/t16-/m0/s1. The third kappa shape index (κ3) is 3.85. The van der Waals surface area contributed by atoms with E-state index in [1.807, 2.05) is 43.5 Å². The van der Waals surface area contributed by atoms with E-state index in [1.54, 1.807) is 11.3 Å². The van der Waals surface area contributed by atoms with Crippen molar-refractivity contribution in [1.82, 2.24) is 10.3 Å². The molecular weight excluding hydrogens is 296 g/mol. The summed E-state index contributed by atoms with van der Waals surface area (Å²) in [4.78, 5) is 16.7. The van der Waals surface area contributed by atoms with Crippen LogP contribution in [0.25, 0.3) is 0 Å². The van der Waals surface area contributed by atoms with Gasteiger partial charge in [0.1, 0.15) is 10.8 Å². The van der Waals surface area contributed by atoms with Gasteiger partial charge in [-0.15, -0.1) is 11.3 Å². The molecule has 3 rings (SSSR count). The van der Waals surface area contributed by atoms with Gasteiger partial charge in [-0.1, -0.05) is 17.7 Å². The summed E-state index contributed by atoms with van der Waals surface area (Å²) < 4.78 is 5.54. The number of hydrogen-bond donors (Lipinski definition) is 1. The molecule has 0 aliphatic heterocycles. The van der Waals surface area contributed by atoms with Gasteiger partial charge in [-0.25, -0.2) is 4.98 Å². The van der Waals surface area contributed by atoms with Crippen LogP contribution in [0.3, 0.4) is 0 Å². The summed E-state index contributed by atoms with van der Waals surface area (Å²) in [7, 11) is 0. The van der Waals surface area contributed by atoms with E-state index in [-0.39, 0.29) is 18.6 Å². The van der Waals surface area contributed by atoms with Crippen molar-refractivity contribution in [3.05, 3.63) is 45.9 Å². The number of nitrogens with one attached hydrogen (secondary N) is 1. The number of rotatable bonds is 6. The Morgan fingerprint density at radius 2 is 2.09 bits per heavy atom. The van der Waals surface area contributed by atoms with Crippen LogP contribution in [0.1, 0.15) is 35.1 Å². The van der Waals surface area contributed by atoms with Gasteiger partial charge < -0.3 is 10.1 Å². The van der Waals surface area contributed by atoms with Gasteiger partial charge in [0.2, 0.25) is 0 Å². The second-order valence-corrected chi connectivity index (χ2v) is 6.70. The van der Waals surface area contributed by atoms with Crippen LogP contribution in [0.2, 0.25) is 0 Å². The van der Waals surface area contributed by atoms with Crippen LogP contribution >= 0.6 is 11.3 Å². The Balaban J connectivity index is 1.56. The molecule has 0 bridgehead atoms. The highest BCUT2D eigenvalue weighted by molar-refractivity contribution is 7.09. The molecule has 1 saturated carbocycles. The van der Waals surface area contributed by atoms with Gasteiger partial charge >= 0.3 is 0 Å². The maximum atomic E-state index is 12.1. The maximum absolute atomic E-state index is 12.1. The molecule has 0 unspecified atom stereocenters. The molecule has 1 heterocycles. The summed E-state index contributed by atoms with van der Waals surface area (Å²) in [6, 6.07) is 7.74. The minimum atomic E-state index is -0.0923. The first kappa shape index (κ1) is 15.0. The number of ether oxygens (including phenoxy) is 1. The fourth-order valence-electron chi connectivity index (χ4n) is 2.32. The van der Waals surface area contributed by atoms with Gasteiger partial charge in [-0.05, 0) is 44.7 Å². The number of amides is 1. The third-order valence-corrected chi connectivity index (χ3v) is 4.75.